The predicted molar refractivity (Wildman–Crippen MR) is 57.9 cm³/mol. The summed E-state index contributed by atoms with van der Waals surface area (Å²) in [6.45, 7) is 1.93. The summed E-state index contributed by atoms with van der Waals surface area (Å²) < 4.78 is 0. The van der Waals surface area contributed by atoms with Gasteiger partial charge in [-0.2, -0.15) is 0 Å². The van der Waals surface area contributed by atoms with Gasteiger partial charge in [-0.3, -0.25) is 4.98 Å². The Morgan fingerprint density at radius 1 is 1.54 bits per heavy atom. The molecule has 1 heterocycles. The SMILES string of the molecule is Cc1cccnc1/C(N)=C/C(N)=S. The van der Waals surface area contributed by atoms with Gasteiger partial charge < -0.3 is 11.5 Å². The van der Waals surface area contributed by atoms with Crippen molar-refractivity contribution in [1.82, 2.24) is 4.98 Å². The molecule has 0 atom stereocenters. The van der Waals surface area contributed by atoms with Gasteiger partial charge in [0.2, 0.25) is 0 Å². The zero-order valence-corrected chi connectivity index (χ0v) is 8.14. The van der Waals surface area contributed by atoms with Crippen LogP contribution >= 0.6 is 12.2 Å². The van der Waals surface area contributed by atoms with Gasteiger partial charge in [0.25, 0.3) is 0 Å². The summed E-state index contributed by atoms with van der Waals surface area (Å²) >= 11 is 4.71. The van der Waals surface area contributed by atoms with Gasteiger partial charge in [0.05, 0.1) is 16.4 Å². The van der Waals surface area contributed by atoms with Crippen molar-refractivity contribution in [2.24, 2.45) is 11.5 Å². The number of rotatable bonds is 2. The third-order valence-corrected chi connectivity index (χ3v) is 1.70. The van der Waals surface area contributed by atoms with Crippen LogP contribution in [-0.2, 0) is 0 Å². The molecule has 0 bridgehead atoms. The van der Waals surface area contributed by atoms with Crippen molar-refractivity contribution in [2.45, 2.75) is 6.92 Å². The zero-order valence-electron chi connectivity index (χ0n) is 7.32. The monoisotopic (exact) mass is 193 g/mol. The fraction of sp³-hybridized carbons (Fsp3) is 0.111. The second kappa shape index (κ2) is 4.00. The average molecular weight is 193 g/mol. The van der Waals surface area contributed by atoms with Crippen molar-refractivity contribution in [3.63, 3.8) is 0 Å². The number of pyridine rings is 1. The molecule has 0 radical (unpaired) electrons. The first kappa shape index (κ1) is 9.67. The lowest BCUT2D eigenvalue weighted by Gasteiger charge is -2.03. The molecule has 3 nitrogen and oxygen atoms in total. The molecular formula is C9H11N3S. The van der Waals surface area contributed by atoms with Gasteiger partial charge in [-0.15, -0.1) is 0 Å². The number of aryl methyl sites for hydroxylation is 1. The van der Waals surface area contributed by atoms with E-state index in [2.05, 4.69) is 4.98 Å². The Kier molecular flexibility index (Phi) is 2.97. The maximum absolute atomic E-state index is 5.73. The van der Waals surface area contributed by atoms with Crippen molar-refractivity contribution in [3.8, 4) is 0 Å². The maximum atomic E-state index is 5.73. The fourth-order valence-electron chi connectivity index (χ4n) is 1.01. The van der Waals surface area contributed by atoms with Crippen LogP contribution in [0.2, 0.25) is 0 Å². The van der Waals surface area contributed by atoms with Crippen molar-refractivity contribution < 1.29 is 0 Å². The summed E-state index contributed by atoms with van der Waals surface area (Å²) in [7, 11) is 0. The minimum atomic E-state index is 0.266. The van der Waals surface area contributed by atoms with E-state index in [0.29, 0.717) is 5.70 Å². The maximum Gasteiger partial charge on any atom is 0.0983 e. The Morgan fingerprint density at radius 3 is 2.77 bits per heavy atom. The van der Waals surface area contributed by atoms with Gasteiger partial charge in [-0.1, -0.05) is 18.3 Å². The van der Waals surface area contributed by atoms with E-state index in [-0.39, 0.29) is 4.99 Å². The number of hydrogen-bond donors (Lipinski definition) is 2. The standard InChI is InChI=1S/C9H11N3S/c1-6-3-2-4-12-9(6)7(10)5-8(11)13/h2-5H,10H2,1H3,(H2,11,13)/b7-5-. The molecule has 4 heteroatoms. The van der Waals surface area contributed by atoms with Crippen LogP contribution in [0.25, 0.3) is 5.70 Å². The summed E-state index contributed by atoms with van der Waals surface area (Å²) in [4.78, 5) is 4.39. The van der Waals surface area contributed by atoms with Gasteiger partial charge in [-0.05, 0) is 24.6 Å². The smallest absolute Gasteiger partial charge is 0.0983 e. The Hall–Kier alpha value is -1.42. The molecule has 1 aromatic rings. The molecule has 0 amide bonds. The fourth-order valence-corrected chi connectivity index (χ4v) is 1.14. The van der Waals surface area contributed by atoms with E-state index >= 15 is 0 Å². The van der Waals surface area contributed by atoms with Gasteiger partial charge >= 0.3 is 0 Å². The van der Waals surface area contributed by atoms with E-state index in [0.717, 1.165) is 11.3 Å². The largest absolute Gasteiger partial charge is 0.397 e. The summed E-state index contributed by atoms with van der Waals surface area (Å²) in [6, 6.07) is 3.79. The van der Waals surface area contributed by atoms with Crippen LogP contribution in [0.3, 0.4) is 0 Å². The summed E-state index contributed by atoms with van der Waals surface area (Å²) in [5.74, 6) is 0. The molecule has 0 aromatic carbocycles. The first-order valence-electron chi connectivity index (χ1n) is 3.80. The Balaban J connectivity index is 3.08. The average Bonchev–Trinajstić information content (AvgIpc) is 2.03. The minimum Gasteiger partial charge on any atom is -0.397 e. The van der Waals surface area contributed by atoms with Crippen LogP contribution in [0.15, 0.2) is 24.4 Å². The van der Waals surface area contributed by atoms with E-state index < -0.39 is 0 Å². The molecule has 1 rings (SSSR count). The summed E-state index contributed by atoms with van der Waals surface area (Å²) in [5, 5.41) is 0. The zero-order chi connectivity index (χ0) is 9.84. The molecule has 0 saturated heterocycles. The van der Waals surface area contributed by atoms with Crippen LogP contribution in [0.1, 0.15) is 11.3 Å². The third-order valence-electron chi connectivity index (χ3n) is 1.58. The van der Waals surface area contributed by atoms with Crippen molar-refractivity contribution >= 4 is 22.9 Å². The quantitative estimate of drug-likeness (QED) is 0.542. The Labute approximate surface area is 82.5 Å². The Morgan fingerprint density at radius 2 is 2.23 bits per heavy atom. The number of aromatic nitrogens is 1. The normalized spacial score (nSPS) is 11.3. The molecule has 0 fully saturated rings. The highest BCUT2D eigenvalue weighted by Crippen LogP contribution is 2.09. The Bertz CT molecular complexity index is 358. The molecule has 0 saturated carbocycles. The van der Waals surface area contributed by atoms with Crippen LogP contribution in [-0.4, -0.2) is 9.97 Å². The molecule has 0 aliphatic carbocycles. The number of nitrogens with zero attached hydrogens (tertiary/aromatic N) is 1. The van der Waals surface area contributed by atoms with Crippen LogP contribution in [0, 0.1) is 6.92 Å². The van der Waals surface area contributed by atoms with Crippen LogP contribution in [0.4, 0.5) is 0 Å². The van der Waals surface area contributed by atoms with E-state index in [9.17, 15) is 0 Å². The van der Waals surface area contributed by atoms with Crippen molar-refractivity contribution in [2.75, 3.05) is 0 Å². The molecule has 68 valence electrons. The van der Waals surface area contributed by atoms with Crippen LogP contribution in [0.5, 0.6) is 0 Å². The molecule has 0 aliphatic rings. The first-order chi connectivity index (χ1) is 6.11. The second-order valence-corrected chi connectivity index (χ2v) is 3.14. The second-order valence-electron chi connectivity index (χ2n) is 2.67. The molecule has 13 heavy (non-hydrogen) atoms. The molecule has 1 aromatic heterocycles. The highest BCUT2D eigenvalue weighted by molar-refractivity contribution is 7.80. The van der Waals surface area contributed by atoms with Gasteiger partial charge in [0, 0.05) is 6.20 Å². The molecule has 0 aliphatic heterocycles. The van der Waals surface area contributed by atoms with Gasteiger partial charge in [0.1, 0.15) is 0 Å². The highest BCUT2D eigenvalue weighted by atomic mass is 32.1. The predicted octanol–water partition coefficient (Wildman–Crippen LogP) is 0.976. The molecule has 0 unspecified atom stereocenters. The molecule has 4 N–H and O–H groups in total. The lowest BCUT2D eigenvalue weighted by Crippen LogP contribution is -2.09. The lowest BCUT2D eigenvalue weighted by atomic mass is 10.1. The molecular weight excluding hydrogens is 182 g/mol. The number of nitrogens with two attached hydrogens (primary N) is 2. The van der Waals surface area contributed by atoms with Gasteiger partial charge in [0.15, 0.2) is 0 Å². The van der Waals surface area contributed by atoms with Gasteiger partial charge in [-0.25, -0.2) is 0 Å². The van der Waals surface area contributed by atoms with Crippen LogP contribution < -0.4 is 11.5 Å². The topological polar surface area (TPSA) is 64.9 Å². The first-order valence-corrected chi connectivity index (χ1v) is 4.20. The number of hydrogen-bond acceptors (Lipinski definition) is 3. The van der Waals surface area contributed by atoms with Crippen molar-refractivity contribution in [3.05, 3.63) is 35.7 Å². The summed E-state index contributed by atoms with van der Waals surface area (Å²) in [5.41, 5.74) is 13.3. The minimum absolute atomic E-state index is 0.266. The van der Waals surface area contributed by atoms with E-state index in [1.54, 1.807) is 6.20 Å². The highest BCUT2D eigenvalue weighted by Gasteiger charge is 2.01. The lowest BCUT2D eigenvalue weighted by molar-refractivity contribution is 1.20. The van der Waals surface area contributed by atoms with Crippen molar-refractivity contribution in [1.29, 1.82) is 0 Å². The van der Waals surface area contributed by atoms with E-state index in [1.165, 1.54) is 6.08 Å². The summed E-state index contributed by atoms with van der Waals surface area (Å²) in [6.07, 6.45) is 3.22. The number of thiocarbonyl (C=S) groups is 1. The third kappa shape index (κ3) is 2.52. The van der Waals surface area contributed by atoms with E-state index in [1.807, 2.05) is 19.1 Å². The molecule has 0 spiro atoms. The van der Waals surface area contributed by atoms with E-state index in [4.69, 9.17) is 23.7 Å².